The van der Waals surface area contributed by atoms with Crippen LogP contribution in [0.25, 0.3) is 0 Å². The summed E-state index contributed by atoms with van der Waals surface area (Å²) in [5.74, 6) is -0.122. The van der Waals surface area contributed by atoms with Crippen LogP contribution in [-0.4, -0.2) is 45.0 Å². The van der Waals surface area contributed by atoms with Crippen molar-refractivity contribution in [3.8, 4) is 0 Å². The minimum Gasteiger partial charge on any atom is -0.338 e. The van der Waals surface area contributed by atoms with Crippen LogP contribution in [0.1, 0.15) is 28.8 Å². The molecule has 7 nitrogen and oxygen atoms in total. The molecule has 0 atom stereocenters. The van der Waals surface area contributed by atoms with E-state index in [2.05, 4.69) is 5.32 Å². The molecule has 1 aliphatic heterocycles. The van der Waals surface area contributed by atoms with Gasteiger partial charge in [0.25, 0.3) is 5.91 Å². The van der Waals surface area contributed by atoms with E-state index in [0.29, 0.717) is 29.9 Å². The van der Waals surface area contributed by atoms with Gasteiger partial charge in [-0.25, -0.2) is 8.42 Å². The summed E-state index contributed by atoms with van der Waals surface area (Å²) in [6.07, 6.45) is 2.62. The van der Waals surface area contributed by atoms with Crippen molar-refractivity contribution < 1.29 is 18.0 Å². The highest BCUT2D eigenvalue weighted by atomic mass is 32.2. The second-order valence-corrected chi connectivity index (χ2v) is 8.86. The van der Waals surface area contributed by atoms with E-state index < -0.39 is 10.0 Å². The zero-order valence-electron chi connectivity index (χ0n) is 15.9. The highest BCUT2D eigenvalue weighted by Crippen LogP contribution is 2.21. The number of amides is 2. The molecule has 0 saturated carbocycles. The molecule has 0 radical (unpaired) electrons. The largest absolute Gasteiger partial charge is 0.338 e. The maximum absolute atomic E-state index is 12.5. The van der Waals surface area contributed by atoms with Gasteiger partial charge in [-0.05, 0) is 42.3 Å². The molecule has 8 heteroatoms. The number of rotatable bonds is 6. The Morgan fingerprint density at radius 1 is 1.18 bits per heavy atom. The molecular formula is C20H23N3O4S. The van der Waals surface area contributed by atoms with Gasteiger partial charge in [0.1, 0.15) is 0 Å². The summed E-state index contributed by atoms with van der Waals surface area (Å²) in [6.45, 7) is 1.33. The number of hydrogen-bond donors (Lipinski definition) is 1. The van der Waals surface area contributed by atoms with Crippen molar-refractivity contribution in [2.75, 3.05) is 29.5 Å². The van der Waals surface area contributed by atoms with Crippen LogP contribution >= 0.6 is 0 Å². The smallest absolute Gasteiger partial charge is 0.255 e. The quantitative estimate of drug-likeness (QED) is 0.806. The fraction of sp³-hybridized carbons (Fsp3) is 0.300. The lowest BCUT2D eigenvalue weighted by Gasteiger charge is -2.17. The van der Waals surface area contributed by atoms with E-state index in [1.54, 1.807) is 36.4 Å². The molecule has 148 valence electrons. The van der Waals surface area contributed by atoms with Crippen LogP contribution in [0.2, 0.25) is 0 Å². The number of nitrogens with zero attached hydrogens (tertiary/aromatic N) is 2. The number of hydrogen-bond acceptors (Lipinski definition) is 4. The van der Waals surface area contributed by atoms with Crippen LogP contribution in [0.4, 0.5) is 11.4 Å². The minimum atomic E-state index is -3.38. The third-order valence-corrected chi connectivity index (χ3v) is 5.93. The Kier molecular flexibility index (Phi) is 5.69. The third-order valence-electron chi connectivity index (χ3n) is 4.73. The van der Waals surface area contributed by atoms with Gasteiger partial charge in [-0.1, -0.05) is 18.2 Å². The molecule has 1 heterocycles. The Hall–Kier alpha value is -2.87. The lowest BCUT2D eigenvalue weighted by Crippen LogP contribution is -2.25. The molecule has 2 aromatic rings. The van der Waals surface area contributed by atoms with Gasteiger partial charge in [-0.15, -0.1) is 0 Å². The number of likely N-dealkylation sites (tertiary alicyclic amines) is 1. The van der Waals surface area contributed by atoms with Gasteiger partial charge >= 0.3 is 0 Å². The molecule has 1 fully saturated rings. The van der Waals surface area contributed by atoms with Gasteiger partial charge in [-0.2, -0.15) is 0 Å². The zero-order valence-corrected chi connectivity index (χ0v) is 16.7. The molecule has 0 bridgehead atoms. The molecule has 1 aliphatic rings. The van der Waals surface area contributed by atoms with Crippen molar-refractivity contribution in [2.24, 2.45) is 0 Å². The van der Waals surface area contributed by atoms with E-state index in [1.807, 2.05) is 17.0 Å². The predicted molar refractivity (Wildman–Crippen MR) is 109 cm³/mol. The molecular weight excluding hydrogens is 378 g/mol. The summed E-state index contributed by atoms with van der Waals surface area (Å²) in [5.41, 5.74) is 2.43. The molecule has 28 heavy (non-hydrogen) atoms. The van der Waals surface area contributed by atoms with Crippen molar-refractivity contribution in [1.29, 1.82) is 0 Å². The lowest BCUT2D eigenvalue weighted by molar-refractivity contribution is -0.128. The number of carbonyl (C=O) groups excluding carboxylic acids is 2. The second kappa shape index (κ2) is 8.02. The highest BCUT2D eigenvalue weighted by molar-refractivity contribution is 7.92. The Balaban J connectivity index is 1.67. The van der Waals surface area contributed by atoms with Crippen LogP contribution in [0.15, 0.2) is 48.5 Å². The number of anilines is 2. The van der Waals surface area contributed by atoms with Gasteiger partial charge in [-0.3, -0.25) is 13.9 Å². The maximum Gasteiger partial charge on any atom is 0.255 e. The van der Waals surface area contributed by atoms with E-state index in [1.165, 1.54) is 7.05 Å². The van der Waals surface area contributed by atoms with Crippen molar-refractivity contribution in [1.82, 2.24) is 4.90 Å². The van der Waals surface area contributed by atoms with E-state index >= 15 is 0 Å². The van der Waals surface area contributed by atoms with E-state index in [9.17, 15) is 18.0 Å². The van der Waals surface area contributed by atoms with Crippen LogP contribution in [0, 0.1) is 0 Å². The first kappa shape index (κ1) is 19.9. The molecule has 0 aliphatic carbocycles. The second-order valence-electron chi connectivity index (χ2n) is 6.85. The van der Waals surface area contributed by atoms with Crippen molar-refractivity contribution in [3.05, 3.63) is 59.7 Å². The minimum absolute atomic E-state index is 0.167. The zero-order chi connectivity index (χ0) is 20.3. The van der Waals surface area contributed by atoms with Crippen LogP contribution in [0.5, 0.6) is 0 Å². The first-order chi connectivity index (χ1) is 13.2. The number of sulfonamides is 1. The van der Waals surface area contributed by atoms with Crippen molar-refractivity contribution >= 4 is 33.2 Å². The topological polar surface area (TPSA) is 86.8 Å². The fourth-order valence-corrected chi connectivity index (χ4v) is 3.52. The van der Waals surface area contributed by atoms with Crippen LogP contribution in [0.3, 0.4) is 0 Å². The maximum atomic E-state index is 12.5. The molecule has 0 spiro atoms. The van der Waals surface area contributed by atoms with Crippen LogP contribution in [-0.2, 0) is 21.4 Å². The normalized spacial score (nSPS) is 14.2. The Labute approximate surface area is 165 Å². The molecule has 3 rings (SSSR count). The highest BCUT2D eigenvalue weighted by Gasteiger charge is 2.20. The Morgan fingerprint density at radius 3 is 2.50 bits per heavy atom. The van der Waals surface area contributed by atoms with Crippen molar-refractivity contribution in [2.45, 2.75) is 19.4 Å². The number of carbonyl (C=O) groups is 2. The van der Waals surface area contributed by atoms with Crippen LogP contribution < -0.4 is 9.62 Å². The van der Waals surface area contributed by atoms with Gasteiger partial charge < -0.3 is 10.2 Å². The first-order valence-corrected chi connectivity index (χ1v) is 10.8. The number of nitrogens with one attached hydrogen (secondary N) is 1. The average molecular weight is 401 g/mol. The molecule has 2 amide bonds. The summed E-state index contributed by atoms with van der Waals surface area (Å²) in [6, 6.07) is 13.8. The number of benzene rings is 2. The first-order valence-electron chi connectivity index (χ1n) is 8.96. The summed E-state index contributed by atoms with van der Waals surface area (Å²) < 4.78 is 24.5. The Bertz CT molecular complexity index is 987. The summed E-state index contributed by atoms with van der Waals surface area (Å²) in [5, 5.41) is 2.78. The molecule has 0 unspecified atom stereocenters. The summed E-state index contributed by atoms with van der Waals surface area (Å²) >= 11 is 0. The average Bonchev–Trinajstić information content (AvgIpc) is 3.06. The monoisotopic (exact) mass is 401 g/mol. The third kappa shape index (κ3) is 4.69. The SMILES string of the molecule is CN(c1cccc(NC(=O)c2ccc(CN3CCCC3=O)cc2)c1)S(C)(=O)=O. The molecule has 0 aromatic heterocycles. The predicted octanol–water partition coefficient (Wildman–Crippen LogP) is 2.46. The van der Waals surface area contributed by atoms with Gasteiger partial charge in [0, 0.05) is 37.8 Å². The molecule has 1 saturated heterocycles. The van der Waals surface area contributed by atoms with Gasteiger partial charge in [0.05, 0.1) is 11.9 Å². The molecule has 2 aromatic carbocycles. The summed E-state index contributed by atoms with van der Waals surface area (Å²) in [7, 11) is -1.92. The van der Waals surface area contributed by atoms with E-state index in [0.717, 1.165) is 29.1 Å². The van der Waals surface area contributed by atoms with Gasteiger partial charge in [0.2, 0.25) is 15.9 Å². The van der Waals surface area contributed by atoms with E-state index in [4.69, 9.17) is 0 Å². The lowest BCUT2D eigenvalue weighted by atomic mass is 10.1. The van der Waals surface area contributed by atoms with Gasteiger partial charge in [0.15, 0.2) is 0 Å². The Morgan fingerprint density at radius 2 is 1.89 bits per heavy atom. The summed E-state index contributed by atoms with van der Waals surface area (Å²) in [4.78, 5) is 26.0. The fourth-order valence-electron chi connectivity index (χ4n) is 3.03. The standard InChI is InChI=1S/C20H23N3O4S/c1-22(28(2,26)27)18-6-3-5-17(13-18)21-20(25)16-10-8-15(9-11-16)14-23-12-4-7-19(23)24/h3,5-6,8-11,13H,4,7,12,14H2,1-2H3,(H,21,25). The van der Waals surface area contributed by atoms with E-state index in [-0.39, 0.29) is 11.8 Å². The molecule has 1 N–H and O–H groups in total. The van der Waals surface area contributed by atoms with Crippen molar-refractivity contribution in [3.63, 3.8) is 0 Å².